The van der Waals surface area contributed by atoms with E-state index in [0.29, 0.717) is 5.69 Å². The molecule has 2 heterocycles. The van der Waals surface area contributed by atoms with E-state index in [2.05, 4.69) is 4.98 Å². The summed E-state index contributed by atoms with van der Waals surface area (Å²) in [5, 5.41) is 18.5. The standard InChI is InChI=1S/C12H14N2O5/c1-6-2-10(16)8(4-13-6)11(17)14-5-7(15)3-9(14)12(18)19/h2,4,7,9,15H,3,5H2,1H3,(H,13,16)(H,18,19)/t7-,9+/m1/s1. The molecule has 1 aromatic rings. The summed E-state index contributed by atoms with van der Waals surface area (Å²) in [6.45, 7) is 1.60. The van der Waals surface area contributed by atoms with E-state index in [1.54, 1.807) is 6.92 Å². The first kappa shape index (κ1) is 13.3. The fourth-order valence-corrected chi connectivity index (χ4v) is 2.17. The van der Waals surface area contributed by atoms with Gasteiger partial charge >= 0.3 is 5.97 Å². The van der Waals surface area contributed by atoms with Gasteiger partial charge in [0.25, 0.3) is 5.91 Å². The van der Waals surface area contributed by atoms with E-state index < -0.39 is 29.5 Å². The lowest BCUT2D eigenvalue weighted by Gasteiger charge is -2.20. The maximum atomic E-state index is 12.2. The van der Waals surface area contributed by atoms with Crippen LogP contribution in [0.2, 0.25) is 0 Å². The summed E-state index contributed by atoms with van der Waals surface area (Å²) in [5.41, 5.74) is 0.0236. The fourth-order valence-electron chi connectivity index (χ4n) is 2.17. The molecule has 1 amide bonds. The molecular weight excluding hydrogens is 252 g/mol. The molecule has 1 saturated heterocycles. The van der Waals surface area contributed by atoms with E-state index in [-0.39, 0.29) is 18.5 Å². The monoisotopic (exact) mass is 266 g/mol. The van der Waals surface area contributed by atoms with Crippen molar-refractivity contribution in [3.63, 3.8) is 0 Å². The van der Waals surface area contributed by atoms with Crippen LogP contribution in [0.5, 0.6) is 0 Å². The van der Waals surface area contributed by atoms with Gasteiger partial charge in [-0.15, -0.1) is 0 Å². The van der Waals surface area contributed by atoms with Crippen molar-refractivity contribution in [2.24, 2.45) is 0 Å². The molecule has 1 aliphatic heterocycles. The Morgan fingerprint density at radius 3 is 2.74 bits per heavy atom. The SMILES string of the molecule is Cc1cc(=O)c(C(=O)N2C[C@H](O)C[C@H]2C(=O)O)c[nH]1. The number of amides is 1. The summed E-state index contributed by atoms with van der Waals surface area (Å²) in [6.07, 6.45) is 0.364. The summed E-state index contributed by atoms with van der Waals surface area (Å²) in [7, 11) is 0. The van der Waals surface area contributed by atoms with E-state index in [1.807, 2.05) is 0 Å². The number of aliphatic hydroxyl groups excluding tert-OH is 1. The van der Waals surface area contributed by atoms with Crippen molar-refractivity contribution in [2.75, 3.05) is 6.54 Å². The number of aromatic nitrogens is 1. The van der Waals surface area contributed by atoms with Gasteiger partial charge in [0, 0.05) is 30.9 Å². The van der Waals surface area contributed by atoms with Crippen LogP contribution < -0.4 is 5.43 Å². The van der Waals surface area contributed by atoms with Gasteiger partial charge in [-0.1, -0.05) is 0 Å². The molecule has 1 aliphatic rings. The smallest absolute Gasteiger partial charge is 0.326 e. The minimum Gasteiger partial charge on any atom is -0.480 e. The van der Waals surface area contributed by atoms with Crippen LogP contribution in [-0.2, 0) is 4.79 Å². The molecule has 1 fully saturated rings. The van der Waals surface area contributed by atoms with Gasteiger partial charge in [-0.3, -0.25) is 9.59 Å². The van der Waals surface area contributed by atoms with Gasteiger partial charge in [-0.2, -0.15) is 0 Å². The van der Waals surface area contributed by atoms with Crippen LogP contribution >= 0.6 is 0 Å². The Morgan fingerprint density at radius 2 is 2.16 bits per heavy atom. The van der Waals surface area contributed by atoms with Crippen molar-refractivity contribution in [3.05, 3.63) is 33.7 Å². The van der Waals surface area contributed by atoms with Crippen LogP contribution in [0.25, 0.3) is 0 Å². The van der Waals surface area contributed by atoms with Crippen molar-refractivity contribution < 1.29 is 19.8 Å². The third kappa shape index (κ3) is 2.50. The molecule has 0 radical (unpaired) electrons. The molecule has 1 aromatic heterocycles. The first-order valence-corrected chi connectivity index (χ1v) is 5.81. The van der Waals surface area contributed by atoms with Crippen molar-refractivity contribution in [3.8, 4) is 0 Å². The van der Waals surface area contributed by atoms with Crippen LogP contribution in [0.15, 0.2) is 17.1 Å². The molecule has 102 valence electrons. The average molecular weight is 266 g/mol. The molecular formula is C12H14N2O5. The second-order valence-corrected chi connectivity index (χ2v) is 4.60. The maximum absolute atomic E-state index is 12.2. The van der Waals surface area contributed by atoms with Gasteiger partial charge in [-0.05, 0) is 6.92 Å². The number of hydrogen-bond acceptors (Lipinski definition) is 4. The summed E-state index contributed by atoms with van der Waals surface area (Å²) < 4.78 is 0. The summed E-state index contributed by atoms with van der Waals surface area (Å²) >= 11 is 0. The fraction of sp³-hybridized carbons (Fsp3) is 0.417. The van der Waals surface area contributed by atoms with E-state index >= 15 is 0 Å². The zero-order valence-corrected chi connectivity index (χ0v) is 10.3. The second kappa shape index (κ2) is 4.85. The maximum Gasteiger partial charge on any atom is 0.326 e. The van der Waals surface area contributed by atoms with Crippen LogP contribution in [0.3, 0.4) is 0 Å². The summed E-state index contributed by atoms with van der Waals surface area (Å²) in [5.74, 6) is -1.86. The Bertz CT molecular complexity index is 580. The number of nitrogens with zero attached hydrogens (tertiary/aromatic N) is 1. The molecule has 0 aliphatic carbocycles. The van der Waals surface area contributed by atoms with Gasteiger partial charge in [0.1, 0.15) is 11.6 Å². The lowest BCUT2D eigenvalue weighted by molar-refractivity contribution is -0.141. The highest BCUT2D eigenvalue weighted by Crippen LogP contribution is 2.19. The lowest BCUT2D eigenvalue weighted by Crippen LogP contribution is -2.42. The lowest BCUT2D eigenvalue weighted by atomic mass is 10.2. The topological polar surface area (TPSA) is 111 Å². The van der Waals surface area contributed by atoms with E-state index in [9.17, 15) is 19.5 Å². The van der Waals surface area contributed by atoms with Crippen LogP contribution in [0.4, 0.5) is 0 Å². The Kier molecular flexibility index (Phi) is 3.39. The number of pyridine rings is 1. The van der Waals surface area contributed by atoms with Crippen LogP contribution in [-0.4, -0.2) is 50.7 Å². The quantitative estimate of drug-likeness (QED) is 0.658. The molecule has 2 rings (SSSR count). The molecule has 2 atom stereocenters. The summed E-state index contributed by atoms with van der Waals surface area (Å²) in [4.78, 5) is 38.7. The molecule has 0 bridgehead atoms. The zero-order valence-electron chi connectivity index (χ0n) is 10.3. The van der Waals surface area contributed by atoms with Crippen molar-refractivity contribution in [1.29, 1.82) is 0 Å². The first-order valence-electron chi connectivity index (χ1n) is 5.81. The highest BCUT2D eigenvalue weighted by molar-refractivity contribution is 5.96. The van der Waals surface area contributed by atoms with E-state index in [1.165, 1.54) is 12.3 Å². The molecule has 3 N–H and O–H groups in total. The van der Waals surface area contributed by atoms with E-state index in [4.69, 9.17) is 5.11 Å². The number of aromatic amines is 1. The molecule has 0 saturated carbocycles. The van der Waals surface area contributed by atoms with Crippen molar-refractivity contribution in [1.82, 2.24) is 9.88 Å². The van der Waals surface area contributed by atoms with E-state index in [0.717, 1.165) is 4.90 Å². The number of carboxylic acids is 1. The average Bonchev–Trinajstić information content (AvgIpc) is 2.70. The number of carboxylic acid groups (broad SMARTS) is 1. The number of H-pyrrole nitrogens is 1. The van der Waals surface area contributed by atoms with Crippen molar-refractivity contribution >= 4 is 11.9 Å². The molecule has 0 unspecified atom stereocenters. The number of rotatable bonds is 2. The minimum absolute atomic E-state index is 0.0230. The molecule has 19 heavy (non-hydrogen) atoms. The van der Waals surface area contributed by atoms with Crippen molar-refractivity contribution in [2.45, 2.75) is 25.5 Å². The number of hydrogen-bond donors (Lipinski definition) is 3. The minimum atomic E-state index is -1.19. The number of carbonyl (C=O) groups excluding carboxylic acids is 1. The predicted molar refractivity (Wildman–Crippen MR) is 64.9 cm³/mol. The van der Waals surface area contributed by atoms with Gasteiger partial charge in [0.2, 0.25) is 0 Å². The molecule has 7 nitrogen and oxygen atoms in total. The molecule has 7 heteroatoms. The highest BCUT2D eigenvalue weighted by Gasteiger charge is 2.39. The number of likely N-dealkylation sites (tertiary alicyclic amines) is 1. The second-order valence-electron chi connectivity index (χ2n) is 4.60. The number of aliphatic carboxylic acids is 1. The van der Waals surface area contributed by atoms with Crippen LogP contribution in [0, 0.1) is 6.92 Å². The zero-order chi connectivity index (χ0) is 14.2. The Hall–Kier alpha value is -2.15. The number of carbonyl (C=O) groups is 2. The normalized spacial score (nSPS) is 22.5. The third-order valence-corrected chi connectivity index (χ3v) is 3.11. The Balaban J connectivity index is 2.33. The largest absolute Gasteiger partial charge is 0.480 e. The number of β-amino-alcohol motifs (C(OH)–C–C–N with tert-alkyl or cyclic N) is 1. The Morgan fingerprint density at radius 1 is 1.47 bits per heavy atom. The predicted octanol–water partition coefficient (Wildman–Crippen LogP) is -0.657. The summed E-state index contributed by atoms with van der Waals surface area (Å²) in [6, 6.07) is 0.179. The first-order chi connectivity index (χ1) is 8.90. The Labute approximate surface area is 108 Å². The van der Waals surface area contributed by atoms with Crippen LogP contribution in [0.1, 0.15) is 22.5 Å². The van der Waals surface area contributed by atoms with Gasteiger partial charge in [0.05, 0.1) is 6.10 Å². The van der Waals surface area contributed by atoms with Gasteiger partial charge in [0.15, 0.2) is 5.43 Å². The molecule has 0 spiro atoms. The van der Waals surface area contributed by atoms with Gasteiger partial charge in [-0.25, -0.2) is 4.79 Å². The number of nitrogens with one attached hydrogen (secondary N) is 1. The third-order valence-electron chi connectivity index (χ3n) is 3.11. The number of aryl methyl sites for hydroxylation is 1. The van der Waals surface area contributed by atoms with Gasteiger partial charge < -0.3 is 20.1 Å². The molecule has 0 aromatic carbocycles. The number of aliphatic hydroxyl groups is 1. The highest BCUT2D eigenvalue weighted by atomic mass is 16.4.